The number of allylic oxidation sites excluding steroid dienone is 1. The van der Waals surface area contributed by atoms with Gasteiger partial charge >= 0.3 is 5.97 Å². The molecule has 0 aliphatic rings. The summed E-state index contributed by atoms with van der Waals surface area (Å²) in [7, 11) is 1.63. The fourth-order valence-electron chi connectivity index (χ4n) is 2.07. The molecule has 2 aromatic rings. The highest BCUT2D eigenvalue weighted by Gasteiger charge is 2.09. The van der Waals surface area contributed by atoms with Gasteiger partial charge in [0.05, 0.1) is 7.11 Å². The maximum atomic E-state index is 11.2. The molecule has 0 bridgehead atoms. The van der Waals surface area contributed by atoms with Crippen molar-refractivity contribution in [3.63, 3.8) is 0 Å². The van der Waals surface area contributed by atoms with E-state index in [2.05, 4.69) is 0 Å². The van der Waals surface area contributed by atoms with E-state index in [1.54, 1.807) is 25.3 Å². The molecule has 4 heteroatoms. The number of ether oxygens (including phenoxy) is 2. The molecule has 2 aromatic carbocycles. The van der Waals surface area contributed by atoms with Gasteiger partial charge in [0.15, 0.2) is 0 Å². The van der Waals surface area contributed by atoms with Crippen molar-refractivity contribution >= 4 is 5.97 Å². The highest BCUT2D eigenvalue weighted by atomic mass is 16.5. The van der Waals surface area contributed by atoms with Gasteiger partial charge in [0, 0.05) is 0 Å². The van der Waals surface area contributed by atoms with Gasteiger partial charge in [0.25, 0.3) is 0 Å². The number of hydrogen-bond acceptors (Lipinski definition) is 3. The van der Waals surface area contributed by atoms with E-state index in [0.29, 0.717) is 12.2 Å². The molecule has 0 saturated heterocycles. The SMILES string of the molecule is CCCC=C(Oc1ccc(-c2ccc(OC)cc2)cc1)C(=O)O. The van der Waals surface area contributed by atoms with Crippen molar-refractivity contribution in [3.8, 4) is 22.6 Å². The van der Waals surface area contributed by atoms with Gasteiger partial charge in [0.1, 0.15) is 11.5 Å². The molecule has 0 atom stereocenters. The van der Waals surface area contributed by atoms with Crippen LogP contribution >= 0.6 is 0 Å². The summed E-state index contributed by atoms with van der Waals surface area (Å²) >= 11 is 0. The number of unbranched alkanes of at least 4 members (excludes halogenated alkanes) is 1. The van der Waals surface area contributed by atoms with Crippen LogP contribution in [0.1, 0.15) is 19.8 Å². The van der Waals surface area contributed by atoms with Gasteiger partial charge < -0.3 is 14.6 Å². The minimum absolute atomic E-state index is 0.0379. The van der Waals surface area contributed by atoms with Crippen molar-refractivity contribution < 1.29 is 19.4 Å². The van der Waals surface area contributed by atoms with Crippen LogP contribution in [0.2, 0.25) is 0 Å². The third-order valence-corrected chi connectivity index (χ3v) is 3.33. The number of benzene rings is 2. The molecule has 23 heavy (non-hydrogen) atoms. The molecule has 0 aromatic heterocycles. The highest BCUT2D eigenvalue weighted by Crippen LogP contribution is 2.25. The zero-order valence-corrected chi connectivity index (χ0v) is 13.3. The Balaban J connectivity index is 2.13. The second kappa shape index (κ2) is 8.03. The first-order valence-corrected chi connectivity index (χ1v) is 7.50. The number of aliphatic carboxylic acids is 1. The Morgan fingerprint density at radius 2 is 1.52 bits per heavy atom. The summed E-state index contributed by atoms with van der Waals surface area (Å²) in [6.45, 7) is 1.99. The second-order valence-electron chi connectivity index (χ2n) is 5.02. The molecule has 1 N–H and O–H groups in total. The van der Waals surface area contributed by atoms with Gasteiger partial charge in [-0.25, -0.2) is 4.79 Å². The van der Waals surface area contributed by atoms with Gasteiger partial charge in [-0.15, -0.1) is 0 Å². The summed E-state index contributed by atoms with van der Waals surface area (Å²) in [5, 5.41) is 9.14. The van der Waals surface area contributed by atoms with Crippen molar-refractivity contribution in [2.75, 3.05) is 7.11 Å². The summed E-state index contributed by atoms with van der Waals surface area (Å²) < 4.78 is 10.6. The predicted octanol–water partition coefficient (Wildman–Crippen LogP) is 4.51. The number of carboxylic acids is 1. The average molecular weight is 312 g/mol. The zero-order valence-electron chi connectivity index (χ0n) is 13.3. The number of methoxy groups -OCH3 is 1. The number of carbonyl (C=O) groups is 1. The van der Waals surface area contributed by atoms with Crippen LogP contribution in [0.15, 0.2) is 60.4 Å². The highest BCUT2D eigenvalue weighted by molar-refractivity contribution is 5.84. The van der Waals surface area contributed by atoms with Gasteiger partial charge in [-0.2, -0.15) is 0 Å². The molecular weight excluding hydrogens is 292 g/mol. The zero-order chi connectivity index (χ0) is 16.7. The van der Waals surface area contributed by atoms with Crippen LogP contribution in [-0.2, 0) is 4.79 Å². The molecule has 0 saturated carbocycles. The number of carboxylic acid groups (broad SMARTS) is 1. The smallest absolute Gasteiger partial charge is 0.371 e. The summed E-state index contributed by atoms with van der Waals surface area (Å²) in [5.41, 5.74) is 2.08. The first kappa shape index (κ1) is 16.6. The standard InChI is InChI=1S/C19H20O4/c1-3-4-5-18(19(20)21)23-17-12-8-15(9-13-17)14-6-10-16(22-2)11-7-14/h5-13H,3-4H2,1-2H3,(H,20,21). The molecule has 0 aliphatic heterocycles. The monoisotopic (exact) mass is 312 g/mol. The quantitative estimate of drug-likeness (QED) is 0.603. The minimum Gasteiger partial charge on any atom is -0.497 e. The Labute approximate surface area is 136 Å². The average Bonchev–Trinajstić information content (AvgIpc) is 2.59. The summed E-state index contributed by atoms with van der Waals surface area (Å²) in [4.78, 5) is 11.2. The Kier molecular flexibility index (Phi) is 5.80. The molecule has 0 aliphatic carbocycles. The lowest BCUT2D eigenvalue weighted by Gasteiger charge is -2.08. The maximum absolute atomic E-state index is 11.2. The maximum Gasteiger partial charge on any atom is 0.371 e. The normalized spacial score (nSPS) is 11.1. The molecule has 0 spiro atoms. The number of rotatable bonds is 7. The van der Waals surface area contributed by atoms with E-state index in [4.69, 9.17) is 14.6 Å². The lowest BCUT2D eigenvalue weighted by Crippen LogP contribution is -2.07. The van der Waals surface area contributed by atoms with Gasteiger partial charge in [-0.1, -0.05) is 37.6 Å². The first-order chi connectivity index (χ1) is 11.1. The van der Waals surface area contributed by atoms with E-state index in [1.165, 1.54) is 0 Å². The van der Waals surface area contributed by atoms with E-state index in [-0.39, 0.29) is 5.76 Å². The van der Waals surface area contributed by atoms with Crippen LogP contribution < -0.4 is 9.47 Å². The van der Waals surface area contributed by atoms with E-state index >= 15 is 0 Å². The second-order valence-corrected chi connectivity index (χ2v) is 5.02. The third kappa shape index (κ3) is 4.61. The molecule has 0 fully saturated rings. The van der Waals surface area contributed by atoms with Crippen molar-refractivity contribution in [3.05, 3.63) is 60.4 Å². The molecule has 4 nitrogen and oxygen atoms in total. The Morgan fingerprint density at radius 3 is 1.96 bits per heavy atom. The molecule has 120 valence electrons. The van der Waals surface area contributed by atoms with Crippen LogP contribution in [0.3, 0.4) is 0 Å². The van der Waals surface area contributed by atoms with E-state index in [9.17, 15) is 4.79 Å². The molecule has 0 radical (unpaired) electrons. The largest absolute Gasteiger partial charge is 0.497 e. The Hall–Kier alpha value is -2.75. The Bertz CT molecular complexity index is 670. The van der Waals surface area contributed by atoms with Gasteiger partial charge in [0.2, 0.25) is 5.76 Å². The fourth-order valence-corrected chi connectivity index (χ4v) is 2.07. The molecule has 0 unspecified atom stereocenters. The van der Waals surface area contributed by atoms with Crippen molar-refractivity contribution in [2.24, 2.45) is 0 Å². The molecule has 2 rings (SSSR count). The van der Waals surface area contributed by atoms with Crippen LogP contribution in [0.5, 0.6) is 11.5 Å². The topological polar surface area (TPSA) is 55.8 Å². The van der Waals surface area contributed by atoms with Crippen LogP contribution in [0.4, 0.5) is 0 Å². The van der Waals surface area contributed by atoms with Gasteiger partial charge in [-0.3, -0.25) is 0 Å². The van der Waals surface area contributed by atoms with E-state index in [1.807, 2.05) is 43.3 Å². The summed E-state index contributed by atoms with van der Waals surface area (Å²) in [6.07, 6.45) is 3.14. The fraction of sp³-hybridized carbons (Fsp3) is 0.211. The third-order valence-electron chi connectivity index (χ3n) is 3.33. The molecule has 0 heterocycles. The first-order valence-electron chi connectivity index (χ1n) is 7.50. The lowest BCUT2D eigenvalue weighted by atomic mass is 10.1. The molecular formula is C19H20O4. The summed E-state index contributed by atoms with van der Waals surface area (Å²) in [6, 6.07) is 15.1. The van der Waals surface area contributed by atoms with E-state index < -0.39 is 5.97 Å². The Morgan fingerprint density at radius 1 is 1.00 bits per heavy atom. The lowest BCUT2D eigenvalue weighted by molar-refractivity contribution is -0.135. The van der Waals surface area contributed by atoms with Crippen LogP contribution in [0.25, 0.3) is 11.1 Å². The van der Waals surface area contributed by atoms with Crippen molar-refractivity contribution in [1.82, 2.24) is 0 Å². The van der Waals surface area contributed by atoms with Crippen LogP contribution in [0, 0.1) is 0 Å². The molecule has 0 amide bonds. The van der Waals surface area contributed by atoms with Crippen LogP contribution in [-0.4, -0.2) is 18.2 Å². The van der Waals surface area contributed by atoms with Crippen molar-refractivity contribution in [2.45, 2.75) is 19.8 Å². The van der Waals surface area contributed by atoms with Crippen molar-refractivity contribution in [1.29, 1.82) is 0 Å². The predicted molar refractivity (Wildman–Crippen MR) is 89.7 cm³/mol. The van der Waals surface area contributed by atoms with E-state index in [0.717, 1.165) is 23.3 Å². The number of hydrogen-bond donors (Lipinski definition) is 1. The van der Waals surface area contributed by atoms with Gasteiger partial charge in [-0.05, 0) is 47.9 Å². The summed E-state index contributed by atoms with van der Waals surface area (Å²) in [5.74, 6) is 0.217. The minimum atomic E-state index is -1.06.